The van der Waals surface area contributed by atoms with Crippen LogP contribution in [0.15, 0.2) is 0 Å². The Balaban J connectivity index is 2.15. The molecule has 1 aliphatic rings. The van der Waals surface area contributed by atoms with Crippen LogP contribution < -0.4 is 4.90 Å². The minimum absolute atomic E-state index is 0.113. The Morgan fingerprint density at radius 2 is 2.15 bits per heavy atom. The Bertz CT molecular complexity index is 435. The quantitative estimate of drug-likeness (QED) is 0.907. The van der Waals surface area contributed by atoms with Gasteiger partial charge in [0.25, 0.3) is 0 Å². The molecule has 1 saturated heterocycles. The molecule has 1 aromatic heterocycles. The molecule has 1 N–H and O–H groups in total. The van der Waals surface area contributed by atoms with Crippen LogP contribution in [0, 0.1) is 0 Å². The molecule has 0 saturated carbocycles. The predicted molar refractivity (Wildman–Crippen MR) is 85.7 cm³/mol. The third-order valence-electron chi connectivity index (χ3n) is 4.38. The van der Waals surface area contributed by atoms with Gasteiger partial charge >= 0.3 is 0 Å². The lowest BCUT2D eigenvalue weighted by Gasteiger charge is -2.39. The van der Waals surface area contributed by atoms with Crippen LogP contribution in [0.3, 0.4) is 0 Å². The molecule has 4 nitrogen and oxygen atoms in total. The zero-order valence-electron chi connectivity index (χ0n) is 13.1. The number of likely N-dealkylation sites (N-methyl/N-ethyl adjacent to an activating group) is 1. The van der Waals surface area contributed by atoms with E-state index >= 15 is 0 Å². The van der Waals surface area contributed by atoms with Crippen LogP contribution in [-0.4, -0.2) is 47.2 Å². The minimum atomic E-state index is 0.113. The topological polar surface area (TPSA) is 39.6 Å². The van der Waals surface area contributed by atoms with Gasteiger partial charge in [-0.15, -0.1) is 0 Å². The zero-order valence-corrected chi connectivity index (χ0v) is 13.9. The van der Waals surface area contributed by atoms with Crippen molar-refractivity contribution in [1.29, 1.82) is 0 Å². The summed E-state index contributed by atoms with van der Waals surface area (Å²) in [6.45, 7) is 13.3. The van der Waals surface area contributed by atoms with Crippen molar-refractivity contribution in [2.75, 3.05) is 31.1 Å². The van der Waals surface area contributed by atoms with E-state index in [0.717, 1.165) is 48.3 Å². The molecule has 0 aliphatic carbocycles. The zero-order chi connectivity index (χ0) is 14.7. The monoisotopic (exact) mass is 297 g/mol. The highest BCUT2D eigenvalue weighted by atomic mass is 32.1. The molecule has 2 heterocycles. The Morgan fingerprint density at radius 3 is 2.70 bits per heavy atom. The minimum Gasteiger partial charge on any atom is -0.391 e. The maximum atomic E-state index is 9.55. The molecule has 1 aromatic rings. The van der Waals surface area contributed by atoms with E-state index in [1.807, 2.05) is 0 Å². The predicted octanol–water partition coefficient (Wildman–Crippen LogP) is 2.68. The molecule has 0 amide bonds. The summed E-state index contributed by atoms with van der Waals surface area (Å²) in [5.41, 5.74) is 1.10. The van der Waals surface area contributed by atoms with Crippen molar-refractivity contribution < 1.29 is 5.11 Å². The van der Waals surface area contributed by atoms with Gasteiger partial charge in [0.15, 0.2) is 5.13 Å². The fourth-order valence-electron chi connectivity index (χ4n) is 2.82. The first-order valence-corrected chi connectivity index (χ1v) is 8.51. The summed E-state index contributed by atoms with van der Waals surface area (Å²) < 4.78 is 0. The average Bonchev–Trinajstić information content (AvgIpc) is 2.90. The molecule has 0 bridgehead atoms. The summed E-state index contributed by atoms with van der Waals surface area (Å²) >= 11 is 1.67. The van der Waals surface area contributed by atoms with E-state index in [-0.39, 0.29) is 6.61 Å². The second-order valence-corrected chi connectivity index (χ2v) is 6.76. The largest absolute Gasteiger partial charge is 0.391 e. The Hall–Kier alpha value is -0.650. The standard InChI is InChI=1S/C15H27N3OS/c1-5-11(3)14-13(10-19)20-15(16-14)18-8-7-17(6-2)12(4)9-18/h11-12,19H,5-10H2,1-4H3. The lowest BCUT2D eigenvalue weighted by atomic mass is 10.0. The summed E-state index contributed by atoms with van der Waals surface area (Å²) in [6.07, 6.45) is 1.07. The maximum Gasteiger partial charge on any atom is 0.185 e. The number of aromatic nitrogens is 1. The molecule has 2 rings (SSSR count). The van der Waals surface area contributed by atoms with E-state index < -0.39 is 0 Å². The van der Waals surface area contributed by atoms with Gasteiger partial charge in [-0.25, -0.2) is 4.98 Å². The number of hydrogen-bond acceptors (Lipinski definition) is 5. The number of rotatable bonds is 5. The van der Waals surface area contributed by atoms with E-state index in [0.29, 0.717) is 12.0 Å². The number of nitrogens with zero attached hydrogens (tertiary/aromatic N) is 3. The molecule has 20 heavy (non-hydrogen) atoms. The van der Waals surface area contributed by atoms with Crippen molar-refractivity contribution in [2.24, 2.45) is 0 Å². The fourth-order valence-corrected chi connectivity index (χ4v) is 3.89. The van der Waals surface area contributed by atoms with Gasteiger partial charge < -0.3 is 10.0 Å². The fraction of sp³-hybridized carbons (Fsp3) is 0.800. The highest BCUT2D eigenvalue weighted by Crippen LogP contribution is 2.33. The van der Waals surface area contributed by atoms with E-state index in [4.69, 9.17) is 4.98 Å². The first-order valence-electron chi connectivity index (χ1n) is 7.70. The van der Waals surface area contributed by atoms with Crippen LogP contribution in [-0.2, 0) is 6.61 Å². The van der Waals surface area contributed by atoms with Gasteiger partial charge in [0.2, 0.25) is 0 Å². The number of thiazole rings is 1. The molecular formula is C15H27N3OS. The third-order valence-corrected chi connectivity index (χ3v) is 5.50. The van der Waals surface area contributed by atoms with Crippen molar-refractivity contribution in [1.82, 2.24) is 9.88 Å². The van der Waals surface area contributed by atoms with Crippen molar-refractivity contribution in [2.45, 2.75) is 52.7 Å². The second kappa shape index (κ2) is 6.87. The number of piperazine rings is 1. The van der Waals surface area contributed by atoms with Crippen LogP contribution in [0.4, 0.5) is 5.13 Å². The van der Waals surface area contributed by atoms with E-state index in [9.17, 15) is 5.11 Å². The Morgan fingerprint density at radius 1 is 1.40 bits per heavy atom. The summed E-state index contributed by atoms with van der Waals surface area (Å²) in [6, 6.07) is 0.572. The van der Waals surface area contributed by atoms with Crippen molar-refractivity contribution in [3.8, 4) is 0 Å². The van der Waals surface area contributed by atoms with Crippen LogP contribution in [0.2, 0.25) is 0 Å². The van der Waals surface area contributed by atoms with Crippen molar-refractivity contribution >= 4 is 16.5 Å². The van der Waals surface area contributed by atoms with E-state index in [2.05, 4.69) is 37.5 Å². The molecule has 114 valence electrons. The SMILES string of the molecule is CCC(C)c1nc(N2CCN(CC)C(C)C2)sc1CO. The molecule has 0 spiro atoms. The lowest BCUT2D eigenvalue weighted by Crippen LogP contribution is -2.51. The van der Waals surface area contributed by atoms with Gasteiger partial charge in [-0.3, -0.25) is 4.90 Å². The van der Waals surface area contributed by atoms with E-state index in [1.54, 1.807) is 11.3 Å². The smallest absolute Gasteiger partial charge is 0.185 e. The van der Waals surface area contributed by atoms with Gasteiger partial charge in [0, 0.05) is 25.7 Å². The molecule has 5 heteroatoms. The molecule has 2 unspecified atom stereocenters. The lowest BCUT2D eigenvalue weighted by molar-refractivity contribution is 0.199. The van der Waals surface area contributed by atoms with Crippen molar-refractivity contribution in [3.05, 3.63) is 10.6 Å². The van der Waals surface area contributed by atoms with E-state index in [1.165, 1.54) is 0 Å². The Kier molecular flexibility index (Phi) is 5.41. The summed E-state index contributed by atoms with van der Waals surface area (Å²) in [5, 5.41) is 10.6. The molecule has 2 atom stereocenters. The molecule has 1 aliphatic heterocycles. The average molecular weight is 297 g/mol. The Labute approximate surface area is 126 Å². The van der Waals surface area contributed by atoms with Gasteiger partial charge in [-0.05, 0) is 25.8 Å². The number of aliphatic hydroxyl groups is 1. The molecular weight excluding hydrogens is 270 g/mol. The third kappa shape index (κ3) is 3.15. The molecule has 1 fully saturated rings. The summed E-state index contributed by atoms with van der Waals surface area (Å²) in [5.74, 6) is 0.427. The van der Waals surface area contributed by atoms with Gasteiger partial charge in [0.05, 0.1) is 17.2 Å². The van der Waals surface area contributed by atoms with Crippen LogP contribution in [0.5, 0.6) is 0 Å². The number of hydrogen-bond donors (Lipinski definition) is 1. The van der Waals surface area contributed by atoms with Crippen LogP contribution >= 0.6 is 11.3 Å². The number of aliphatic hydroxyl groups excluding tert-OH is 1. The van der Waals surface area contributed by atoms with Crippen LogP contribution in [0.25, 0.3) is 0 Å². The van der Waals surface area contributed by atoms with Gasteiger partial charge in [-0.2, -0.15) is 0 Å². The maximum absolute atomic E-state index is 9.55. The normalized spacial score (nSPS) is 22.2. The summed E-state index contributed by atoms with van der Waals surface area (Å²) in [4.78, 5) is 10.8. The highest BCUT2D eigenvalue weighted by molar-refractivity contribution is 7.15. The van der Waals surface area contributed by atoms with Gasteiger partial charge in [0.1, 0.15) is 0 Å². The summed E-state index contributed by atoms with van der Waals surface area (Å²) in [7, 11) is 0. The molecule has 0 aromatic carbocycles. The van der Waals surface area contributed by atoms with Gasteiger partial charge in [-0.1, -0.05) is 32.1 Å². The van der Waals surface area contributed by atoms with Crippen molar-refractivity contribution in [3.63, 3.8) is 0 Å². The first kappa shape index (κ1) is 15.7. The highest BCUT2D eigenvalue weighted by Gasteiger charge is 2.26. The first-order chi connectivity index (χ1) is 9.60. The molecule has 0 radical (unpaired) electrons. The number of anilines is 1. The van der Waals surface area contributed by atoms with Crippen LogP contribution in [0.1, 0.15) is 50.6 Å². The second-order valence-electron chi connectivity index (χ2n) is 5.70.